The van der Waals surface area contributed by atoms with Crippen molar-refractivity contribution in [1.29, 1.82) is 0 Å². The number of nitrogens with zero attached hydrogens (tertiary/aromatic N) is 3. The molecule has 0 spiro atoms. The summed E-state index contributed by atoms with van der Waals surface area (Å²) in [5, 5.41) is 9.30. The second kappa shape index (κ2) is 12.0. The number of halogens is 1. The monoisotopic (exact) mass is 567 g/mol. The molecule has 6 nitrogen and oxygen atoms in total. The Kier molecular flexibility index (Phi) is 9.36. The number of rotatable bonds is 6. The molecule has 8 heteroatoms. The first-order chi connectivity index (χ1) is 15.2. The third kappa shape index (κ3) is 6.02. The molecular weight excluding hydrogens is 533 g/mol. The zero-order valence-electron chi connectivity index (χ0n) is 18.9. The molecule has 1 saturated heterocycles. The van der Waals surface area contributed by atoms with Gasteiger partial charge in [-0.1, -0.05) is 37.3 Å². The molecule has 2 N–H and O–H groups in total. The van der Waals surface area contributed by atoms with E-state index in [1.54, 1.807) is 0 Å². The number of benzene rings is 1. The van der Waals surface area contributed by atoms with Crippen molar-refractivity contribution in [2.45, 2.75) is 44.8 Å². The number of amides is 1. The molecule has 0 aliphatic carbocycles. The maximum absolute atomic E-state index is 12.0. The minimum Gasteiger partial charge on any atom is -0.354 e. The van der Waals surface area contributed by atoms with Gasteiger partial charge in [-0.05, 0) is 35.4 Å². The number of hydrogen-bond donors (Lipinski definition) is 2. The van der Waals surface area contributed by atoms with E-state index in [9.17, 15) is 4.79 Å². The minimum absolute atomic E-state index is 0. The van der Waals surface area contributed by atoms with Gasteiger partial charge in [-0.25, -0.2) is 0 Å². The molecule has 4 rings (SSSR count). The quantitative estimate of drug-likeness (QED) is 0.318. The van der Waals surface area contributed by atoms with Crippen LogP contribution in [-0.2, 0) is 17.8 Å². The van der Waals surface area contributed by atoms with Gasteiger partial charge in [0.1, 0.15) is 0 Å². The van der Waals surface area contributed by atoms with Crippen molar-refractivity contribution < 1.29 is 4.79 Å². The molecule has 32 heavy (non-hydrogen) atoms. The van der Waals surface area contributed by atoms with Crippen molar-refractivity contribution in [3.63, 3.8) is 0 Å². The van der Waals surface area contributed by atoms with E-state index < -0.39 is 0 Å². The highest BCUT2D eigenvalue weighted by Crippen LogP contribution is 2.30. The Bertz CT molecular complexity index is 903. The van der Waals surface area contributed by atoms with Crippen LogP contribution in [0.1, 0.15) is 41.8 Å². The molecule has 2 aromatic rings. The van der Waals surface area contributed by atoms with Crippen LogP contribution in [0.15, 0.2) is 46.8 Å². The van der Waals surface area contributed by atoms with Crippen molar-refractivity contribution in [2.24, 2.45) is 4.99 Å². The number of carbonyl (C=O) groups is 1. The third-order valence-corrected chi connectivity index (χ3v) is 7.36. The SMILES string of the molecule is CCC(=O)N1CCC(NC(=NC)NCC(c2ccccc2)N2CCc3sccc3C2)C1.I. The van der Waals surface area contributed by atoms with Crippen LogP contribution in [0.3, 0.4) is 0 Å². The second-order valence-electron chi connectivity index (χ2n) is 8.29. The summed E-state index contributed by atoms with van der Waals surface area (Å²) < 4.78 is 0. The number of nitrogens with one attached hydrogen (secondary N) is 2. The Morgan fingerprint density at radius 2 is 2.06 bits per heavy atom. The molecular formula is C24H34IN5OS. The van der Waals surface area contributed by atoms with E-state index in [-0.39, 0.29) is 42.0 Å². The van der Waals surface area contributed by atoms with Crippen LogP contribution in [0.2, 0.25) is 0 Å². The summed E-state index contributed by atoms with van der Waals surface area (Å²) in [5.41, 5.74) is 2.79. The Morgan fingerprint density at radius 1 is 1.25 bits per heavy atom. The number of carbonyl (C=O) groups excluding carboxylic acids is 1. The van der Waals surface area contributed by atoms with Crippen LogP contribution >= 0.6 is 35.3 Å². The van der Waals surface area contributed by atoms with Gasteiger partial charge in [0, 0.05) is 57.1 Å². The molecule has 1 amide bonds. The Balaban J connectivity index is 0.00000289. The number of likely N-dealkylation sites (tertiary alicyclic amines) is 1. The van der Waals surface area contributed by atoms with Gasteiger partial charge in [0.2, 0.25) is 5.91 Å². The lowest BCUT2D eigenvalue weighted by Crippen LogP contribution is -2.48. The summed E-state index contributed by atoms with van der Waals surface area (Å²) in [7, 11) is 1.81. The molecule has 174 valence electrons. The molecule has 2 unspecified atom stereocenters. The van der Waals surface area contributed by atoms with E-state index in [0.717, 1.165) is 51.5 Å². The van der Waals surface area contributed by atoms with Gasteiger partial charge in [0.15, 0.2) is 5.96 Å². The fourth-order valence-electron chi connectivity index (χ4n) is 4.58. The van der Waals surface area contributed by atoms with Gasteiger partial charge in [0.25, 0.3) is 0 Å². The molecule has 1 aromatic heterocycles. The Hall–Kier alpha value is -1.65. The fourth-order valence-corrected chi connectivity index (χ4v) is 5.47. The van der Waals surface area contributed by atoms with Crippen molar-refractivity contribution in [3.8, 4) is 0 Å². The third-order valence-electron chi connectivity index (χ3n) is 6.33. The van der Waals surface area contributed by atoms with Crippen molar-refractivity contribution in [2.75, 3.05) is 33.2 Å². The van der Waals surface area contributed by atoms with Gasteiger partial charge < -0.3 is 15.5 Å². The number of thiophene rings is 1. The molecule has 0 radical (unpaired) electrons. The molecule has 0 bridgehead atoms. The van der Waals surface area contributed by atoms with Crippen LogP contribution in [0.4, 0.5) is 0 Å². The van der Waals surface area contributed by atoms with E-state index >= 15 is 0 Å². The number of fused-ring (bicyclic) bond motifs is 1. The maximum Gasteiger partial charge on any atom is 0.222 e. The van der Waals surface area contributed by atoms with Crippen LogP contribution in [0.25, 0.3) is 0 Å². The average Bonchev–Trinajstić information content (AvgIpc) is 3.47. The highest BCUT2D eigenvalue weighted by Gasteiger charge is 2.28. The summed E-state index contributed by atoms with van der Waals surface area (Å²) in [5.74, 6) is 1.04. The molecule has 0 saturated carbocycles. The van der Waals surface area contributed by atoms with Gasteiger partial charge in [-0.2, -0.15) is 0 Å². The van der Waals surface area contributed by atoms with E-state index in [0.29, 0.717) is 6.42 Å². The first-order valence-electron chi connectivity index (χ1n) is 11.3. The van der Waals surface area contributed by atoms with Crippen LogP contribution in [0, 0.1) is 0 Å². The molecule has 2 aliphatic rings. The van der Waals surface area contributed by atoms with Crippen molar-refractivity contribution >= 4 is 47.2 Å². The minimum atomic E-state index is 0. The summed E-state index contributed by atoms with van der Waals surface area (Å²) in [4.78, 5) is 22.5. The second-order valence-corrected chi connectivity index (χ2v) is 9.29. The average molecular weight is 568 g/mol. The lowest BCUT2D eigenvalue weighted by molar-refractivity contribution is -0.129. The van der Waals surface area contributed by atoms with Crippen LogP contribution in [-0.4, -0.2) is 60.9 Å². The normalized spacial score (nSPS) is 19.8. The smallest absolute Gasteiger partial charge is 0.222 e. The summed E-state index contributed by atoms with van der Waals surface area (Å²) in [6, 6.07) is 13.5. The van der Waals surface area contributed by atoms with Crippen molar-refractivity contribution in [3.05, 3.63) is 57.8 Å². The summed E-state index contributed by atoms with van der Waals surface area (Å²) >= 11 is 1.88. The number of hydrogen-bond acceptors (Lipinski definition) is 4. The van der Waals surface area contributed by atoms with Gasteiger partial charge >= 0.3 is 0 Å². The first-order valence-corrected chi connectivity index (χ1v) is 12.1. The molecule has 2 aliphatic heterocycles. The molecule has 1 fully saturated rings. The lowest BCUT2D eigenvalue weighted by atomic mass is 10.0. The summed E-state index contributed by atoms with van der Waals surface area (Å²) in [6.07, 6.45) is 2.65. The van der Waals surface area contributed by atoms with Crippen molar-refractivity contribution in [1.82, 2.24) is 20.4 Å². The fraction of sp³-hybridized carbons (Fsp3) is 0.500. The predicted molar refractivity (Wildman–Crippen MR) is 143 cm³/mol. The van der Waals surface area contributed by atoms with E-state index in [4.69, 9.17) is 0 Å². The van der Waals surface area contributed by atoms with Gasteiger partial charge in [-0.3, -0.25) is 14.7 Å². The van der Waals surface area contributed by atoms with Gasteiger partial charge in [0.05, 0.1) is 6.04 Å². The molecule has 3 heterocycles. The van der Waals surface area contributed by atoms with Crippen LogP contribution < -0.4 is 10.6 Å². The topological polar surface area (TPSA) is 60.0 Å². The van der Waals surface area contributed by atoms with E-state index in [1.807, 2.05) is 30.2 Å². The zero-order chi connectivity index (χ0) is 21.6. The highest BCUT2D eigenvalue weighted by molar-refractivity contribution is 14.0. The van der Waals surface area contributed by atoms with Crippen LogP contribution in [0.5, 0.6) is 0 Å². The number of guanidine groups is 1. The predicted octanol–water partition coefficient (Wildman–Crippen LogP) is 3.64. The largest absolute Gasteiger partial charge is 0.354 e. The standard InChI is InChI=1S/C24H33N5OS.HI/c1-3-23(30)29-12-9-20(17-29)27-24(25-2)26-15-21(18-7-5-4-6-8-18)28-13-10-22-19(16-28)11-14-31-22;/h4-8,11,14,20-21H,3,9-10,12-13,15-17H2,1-2H3,(H2,25,26,27);1H. The maximum atomic E-state index is 12.0. The van der Waals surface area contributed by atoms with E-state index in [1.165, 1.54) is 16.0 Å². The highest BCUT2D eigenvalue weighted by atomic mass is 127. The molecule has 1 aromatic carbocycles. The van der Waals surface area contributed by atoms with E-state index in [2.05, 4.69) is 62.3 Å². The number of aliphatic imine (C=N–C) groups is 1. The zero-order valence-corrected chi connectivity index (χ0v) is 22.1. The first kappa shape index (κ1) is 25.0. The Morgan fingerprint density at radius 3 is 2.81 bits per heavy atom. The Labute approximate surface area is 212 Å². The van der Waals surface area contributed by atoms with Gasteiger partial charge in [-0.15, -0.1) is 35.3 Å². The summed E-state index contributed by atoms with van der Waals surface area (Å²) in [6.45, 7) is 6.34. The lowest BCUT2D eigenvalue weighted by Gasteiger charge is -2.35. The molecule has 2 atom stereocenters.